The summed E-state index contributed by atoms with van der Waals surface area (Å²) in [6.45, 7) is 4.00. The third-order valence-electron chi connectivity index (χ3n) is 0.607. The molecule has 0 amide bonds. The Kier molecular flexibility index (Phi) is 27.0. The zero-order valence-corrected chi connectivity index (χ0v) is 9.80. The number of rotatable bonds is 0. The van der Waals surface area contributed by atoms with Gasteiger partial charge in [-0.1, -0.05) is 13.8 Å². The van der Waals surface area contributed by atoms with E-state index < -0.39 is 0 Å². The fraction of sp³-hybridized carbons (Fsp3) is 0.222. The van der Waals surface area contributed by atoms with Crippen LogP contribution < -0.4 is 0 Å². The molecule has 0 unspecified atom stereocenters. The maximum atomic E-state index is 2.89. The molecule has 1 aromatic carbocycles. The molecule has 1 rings (SSSR count). The molecule has 1 radical (unpaired) electrons. The van der Waals surface area contributed by atoms with Crippen molar-refractivity contribution in [1.29, 1.82) is 0 Å². The van der Waals surface area contributed by atoms with E-state index in [1.807, 2.05) is 44.2 Å². The van der Waals surface area contributed by atoms with Crippen LogP contribution in [0, 0.1) is 13.5 Å². The molecule has 0 spiro atoms. The van der Waals surface area contributed by atoms with Crippen molar-refractivity contribution < 1.29 is 32.7 Å². The number of hydrogen-bond donors (Lipinski definition) is 0. The van der Waals surface area contributed by atoms with Gasteiger partial charge in [0, 0.05) is 32.7 Å². The summed E-state index contributed by atoms with van der Waals surface area (Å²) < 4.78 is 0. The van der Waals surface area contributed by atoms with Gasteiger partial charge in [-0.25, -0.2) is 0 Å². The Hall–Kier alpha value is 0.324. The Morgan fingerprint density at radius 1 is 0.900 bits per heavy atom. The van der Waals surface area contributed by atoms with E-state index >= 15 is 0 Å². The third kappa shape index (κ3) is 11.2. The van der Waals surface area contributed by atoms with Crippen molar-refractivity contribution in [3.05, 3.63) is 43.8 Å². The molecule has 0 aliphatic rings. The Balaban J connectivity index is -0.000000114. The Morgan fingerprint density at radius 2 is 1.30 bits per heavy atom. The Morgan fingerprint density at radius 3 is 1.40 bits per heavy atom. The fourth-order valence-electron chi connectivity index (χ4n) is 0.342. The van der Waals surface area contributed by atoms with Crippen LogP contribution in [0.4, 0.5) is 0 Å². The van der Waals surface area contributed by atoms with Crippen molar-refractivity contribution in [2.45, 2.75) is 13.8 Å². The zero-order chi connectivity index (χ0) is 6.24. The Labute approximate surface area is 89.9 Å². The molecule has 1 aromatic rings. The predicted molar refractivity (Wildman–Crippen MR) is 43.0 cm³/mol. The maximum absolute atomic E-state index is 2.89. The van der Waals surface area contributed by atoms with Gasteiger partial charge in [-0.15, -0.1) is 0 Å². The summed E-state index contributed by atoms with van der Waals surface area (Å²) in [5.74, 6) is 0. The quantitative estimate of drug-likeness (QED) is 0.578. The fourth-order valence-corrected chi connectivity index (χ4v) is 0.342. The molecule has 0 aliphatic heterocycles. The van der Waals surface area contributed by atoms with Gasteiger partial charge in [0.25, 0.3) is 0 Å². The molecular weight excluding hydrogens is 197 g/mol. The van der Waals surface area contributed by atoms with E-state index in [0.29, 0.717) is 0 Å². The van der Waals surface area contributed by atoms with Crippen molar-refractivity contribution in [2.24, 2.45) is 0 Å². The summed E-state index contributed by atoms with van der Waals surface area (Å²) >= 11 is 0. The van der Waals surface area contributed by atoms with Crippen molar-refractivity contribution in [2.75, 3.05) is 0 Å². The average Bonchev–Trinajstić information content (AvgIpc) is 1.96. The SMILES string of the molecule is CC.[CH3-].[Y].[c-]1ccccc1. The standard InChI is InChI=1S/C6H5.C2H6.CH3.Y/c1-2-4-6-5-3-1;1-2;;/h1-5H;1-2H3;1H3;/q-1;;-1;. The monoisotopic (exact) mass is 211 g/mol. The molecule has 0 nitrogen and oxygen atoms in total. The zero-order valence-electron chi connectivity index (χ0n) is 6.96. The minimum Gasteiger partial charge on any atom is -0.358 e. The molecule has 55 valence electrons. The minimum absolute atomic E-state index is 0. The van der Waals surface area contributed by atoms with E-state index in [1.54, 1.807) is 0 Å². The number of hydrogen-bond acceptors (Lipinski definition) is 0. The molecule has 0 bridgehead atoms. The van der Waals surface area contributed by atoms with Gasteiger partial charge in [0.05, 0.1) is 0 Å². The summed E-state index contributed by atoms with van der Waals surface area (Å²) in [4.78, 5) is 0. The summed E-state index contributed by atoms with van der Waals surface area (Å²) in [6, 6.07) is 12.5. The van der Waals surface area contributed by atoms with E-state index in [-0.39, 0.29) is 40.1 Å². The molecule has 0 atom stereocenters. The predicted octanol–water partition coefficient (Wildman–Crippen LogP) is 2.96. The van der Waals surface area contributed by atoms with Gasteiger partial charge < -0.3 is 7.43 Å². The second-order valence-electron chi connectivity index (χ2n) is 1.08. The van der Waals surface area contributed by atoms with Crippen molar-refractivity contribution in [3.8, 4) is 0 Å². The van der Waals surface area contributed by atoms with E-state index in [9.17, 15) is 0 Å². The topological polar surface area (TPSA) is 0 Å². The molecule has 0 aliphatic carbocycles. The van der Waals surface area contributed by atoms with Crippen molar-refractivity contribution in [3.63, 3.8) is 0 Å². The van der Waals surface area contributed by atoms with Gasteiger partial charge in [-0.2, -0.15) is 36.4 Å². The molecule has 0 fully saturated rings. The van der Waals surface area contributed by atoms with Gasteiger partial charge in [0.15, 0.2) is 0 Å². The van der Waals surface area contributed by atoms with Gasteiger partial charge >= 0.3 is 0 Å². The van der Waals surface area contributed by atoms with Crippen LogP contribution >= 0.6 is 0 Å². The third-order valence-corrected chi connectivity index (χ3v) is 0.607. The van der Waals surface area contributed by atoms with E-state index in [0.717, 1.165) is 0 Å². The molecule has 0 saturated carbocycles. The molecule has 1 heteroatoms. The van der Waals surface area contributed by atoms with E-state index in [1.165, 1.54) is 0 Å². The van der Waals surface area contributed by atoms with Crippen LogP contribution in [0.25, 0.3) is 0 Å². The van der Waals surface area contributed by atoms with Gasteiger partial charge in [-0.3, -0.25) is 0 Å². The van der Waals surface area contributed by atoms with Crippen LogP contribution in [0.5, 0.6) is 0 Å². The summed E-state index contributed by atoms with van der Waals surface area (Å²) in [6.07, 6.45) is 0. The first-order valence-corrected chi connectivity index (χ1v) is 2.91. The van der Waals surface area contributed by atoms with Crippen LogP contribution in [0.15, 0.2) is 30.3 Å². The first-order valence-electron chi connectivity index (χ1n) is 2.91. The molecule has 10 heavy (non-hydrogen) atoms. The van der Waals surface area contributed by atoms with Crippen LogP contribution in [-0.4, -0.2) is 0 Å². The maximum Gasteiger partial charge on any atom is 0 e. The van der Waals surface area contributed by atoms with Crippen LogP contribution in [0.2, 0.25) is 0 Å². The van der Waals surface area contributed by atoms with E-state index in [2.05, 4.69) is 6.07 Å². The first kappa shape index (κ1) is 16.7. The molecule has 0 aromatic heterocycles. The summed E-state index contributed by atoms with van der Waals surface area (Å²) in [7, 11) is 0. The van der Waals surface area contributed by atoms with E-state index in [4.69, 9.17) is 0 Å². The number of benzene rings is 1. The van der Waals surface area contributed by atoms with Gasteiger partial charge in [0.2, 0.25) is 0 Å². The largest absolute Gasteiger partial charge is 0.358 e. The van der Waals surface area contributed by atoms with Gasteiger partial charge in [-0.05, 0) is 0 Å². The average molecular weight is 211 g/mol. The minimum atomic E-state index is 0. The molecule has 0 heterocycles. The molecule has 0 saturated heterocycles. The summed E-state index contributed by atoms with van der Waals surface area (Å²) in [5, 5.41) is 0. The first-order chi connectivity index (χ1) is 4.00. The van der Waals surface area contributed by atoms with Gasteiger partial charge in [0.1, 0.15) is 0 Å². The summed E-state index contributed by atoms with van der Waals surface area (Å²) in [5.41, 5.74) is 0. The smallest absolute Gasteiger partial charge is 0 e. The second kappa shape index (κ2) is 16.2. The normalized spacial score (nSPS) is 5.40. The van der Waals surface area contributed by atoms with Crippen LogP contribution in [-0.2, 0) is 32.7 Å². The van der Waals surface area contributed by atoms with Crippen LogP contribution in [0.1, 0.15) is 13.8 Å². The van der Waals surface area contributed by atoms with Crippen molar-refractivity contribution in [1.82, 2.24) is 0 Å². The molecule has 0 N–H and O–H groups in total. The van der Waals surface area contributed by atoms with Crippen LogP contribution in [0.3, 0.4) is 0 Å². The second-order valence-corrected chi connectivity index (χ2v) is 1.08. The Bertz CT molecular complexity index is 76.7. The van der Waals surface area contributed by atoms with Crippen molar-refractivity contribution >= 4 is 0 Å². The molecular formula is C9H14Y-2.